The van der Waals surface area contributed by atoms with Crippen LogP contribution >= 0.6 is 0 Å². The molecule has 0 radical (unpaired) electrons. The van der Waals surface area contributed by atoms with E-state index in [0.29, 0.717) is 5.95 Å². The Morgan fingerprint density at radius 2 is 1.80 bits per heavy atom. The molecule has 0 saturated carbocycles. The number of hydrogen-bond donors (Lipinski definition) is 1. The molecule has 1 aromatic carbocycles. The summed E-state index contributed by atoms with van der Waals surface area (Å²) in [7, 11) is 0. The molecule has 0 saturated heterocycles. The molecule has 4 heteroatoms. The summed E-state index contributed by atoms with van der Waals surface area (Å²) < 4.78 is 2.09. The van der Waals surface area contributed by atoms with Crippen molar-refractivity contribution in [2.24, 2.45) is 0 Å². The number of pyridine rings is 1. The lowest BCUT2D eigenvalue weighted by atomic mass is 9.92. The Kier molecular flexibility index (Phi) is 2.29. The van der Waals surface area contributed by atoms with Crippen molar-refractivity contribution in [2.75, 3.05) is 5.73 Å². The number of anilines is 1. The van der Waals surface area contributed by atoms with Gasteiger partial charge in [-0.15, -0.1) is 0 Å². The molecule has 0 bridgehead atoms. The third-order valence-electron chi connectivity index (χ3n) is 3.67. The van der Waals surface area contributed by atoms with Crippen molar-refractivity contribution in [3.8, 4) is 5.82 Å². The zero-order valence-corrected chi connectivity index (χ0v) is 10.8. The van der Waals surface area contributed by atoms with E-state index in [1.807, 2.05) is 30.6 Å². The summed E-state index contributed by atoms with van der Waals surface area (Å²) in [5.74, 6) is 1.34. The molecule has 3 heterocycles. The quantitative estimate of drug-likeness (QED) is 0.532. The Labute approximate surface area is 116 Å². The van der Waals surface area contributed by atoms with Crippen molar-refractivity contribution >= 4 is 5.95 Å². The van der Waals surface area contributed by atoms with Gasteiger partial charge >= 0.3 is 11.8 Å². The van der Waals surface area contributed by atoms with Crippen molar-refractivity contribution in [3.05, 3.63) is 77.7 Å². The van der Waals surface area contributed by atoms with Gasteiger partial charge in [0, 0.05) is 6.20 Å². The van der Waals surface area contributed by atoms with E-state index in [9.17, 15) is 0 Å². The van der Waals surface area contributed by atoms with E-state index in [0.717, 1.165) is 11.4 Å². The van der Waals surface area contributed by atoms with Crippen molar-refractivity contribution in [1.82, 2.24) is 9.97 Å². The molecule has 1 unspecified atom stereocenters. The van der Waals surface area contributed by atoms with Crippen molar-refractivity contribution < 1.29 is 4.57 Å². The molecule has 0 aliphatic carbocycles. The molecule has 2 N–H and O–H groups in total. The predicted molar refractivity (Wildman–Crippen MR) is 75.4 cm³/mol. The summed E-state index contributed by atoms with van der Waals surface area (Å²) >= 11 is 0. The van der Waals surface area contributed by atoms with Gasteiger partial charge in [0.25, 0.3) is 0 Å². The number of nitrogens with two attached hydrogens (primary N) is 1. The van der Waals surface area contributed by atoms with Gasteiger partial charge in [-0.05, 0) is 22.7 Å². The second-order valence-corrected chi connectivity index (χ2v) is 4.85. The Morgan fingerprint density at radius 3 is 2.65 bits per heavy atom. The Morgan fingerprint density at radius 1 is 1.00 bits per heavy atom. The van der Waals surface area contributed by atoms with Crippen LogP contribution in [0.3, 0.4) is 0 Å². The van der Waals surface area contributed by atoms with Crippen LogP contribution < -0.4 is 10.3 Å². The highest BCUT2D eigenvalue weighted by Gasteiger charge is 2.37. The van der Waals surface area contributed by atoms with Crippen LogP contribution in [0.4, 0.5) is 5.95 Å². The van der Waals surface area contributed by atoms with E-state index in [1.165, 1.54) is 11.3 Å². The second kappa shape index (κ2) is 4.13. The summed E-state index contributed by atoms with van der Waals surface area (Å²) in [6.45, 7) is 0. The molecule has 1 aliphatic rings. The molecule has 20 heavy (non-hydrogen) atoms. The Balaban J connectivity index is 2.02. The lowest BCUT2D eigenvalue weighted by Gasteiger charge is -2.08. The zero-order valence-electron chi connectivity index (χ0n) is 10.8. The van der Waals surface area contributed by atoms with E-state index in [-0.39, 0.29) is 5.92 Å². The minimum absolute atomic E-state index is 0.160. The van der Waals surface area contributed by atoms with Gasteiger partial charge in [0.1, 0.15) is 5.69 Å². The first-order valence-electron chi connectivity index (χ1n) is 6.53. The molecule has 1 atom stereocenters. The Hall–Kier alpha value is -2.75. The fraction of sp³-hybridized carbons (Fsp3) is 0.0625. The molecule has 0 fully saturated rings. The maximum absolute atomic E-state index is 5.74. The van der Waals surface area contributed by atoms with Crippen LogP contribution in [-0.4, -0.2) is 9.97 Å². The molecule has 1 aliphatic heterocycles. The molecular weight excluding hydrogens is 248 g/mol. The van der Waals surface area contributed by atoms with Gasteiger partial charge in [0.15, 0.2) is 0 Å². The fourth-order valence-electron chi connectivity index (χ4n) is 2.83. The molecule has 4 nitrogen and oxygen atoms in total. The summed E-state index contributed by atoms with van der Waals surface area (Å²) in [5.41, 5.74) is 9.25. The van der Waals surface area contributed by atoms with E-state index in [4.69, 9.17) is 5.73 Å². The van der Waals surface area contributed by atoms with Crippen LogP contribution in [0.5, 0.6) is 0 Å². The summed E-state index contributed by atoms with van der Waals surface area (Å²) in [4.78, 5) is 8.56. The normalized spacial score (nSPS) is 15.7. The van der Waals surface area contributed by atoms with E-state index < -0.39 is 0 Å². The highest BCUT2D eigenvalue weighted by molar-refractivity contribution is 5.47. The van der Waals surface area contributed by atoms with Gasteiger partial charge in [-0.25, -0.2) is 0 Å². The number of aromatic nitrogens is 3. The minimum Gasteiger partial charge on any atom is -0.346 e. The first-order chi connectivity index (χ1) is 9.84. The number of nitrogen functional groups attached to an aromatic ring is 1. The van der Waals surface area contributed by atoms with E-state index >= 15 is 0 Å². The lowest BCUT2D eigenvalue weighted by molar-refractivity contribution is -0.601. The summed E-state index contributed by atoms with van der Waals surface area (Å²) in [6, 6.07) is 16.6. The highest BCUT2D eigenvalue weighted by atomic mass is 15.1. The van der Waals surface area contributed by atoms with Crippen LogP contribution in [0.15, 0.2) is 60.9 Å². The first kappa shape index (κ1) is 11.1. The second-order valence-electron chi connectivity index (χ2n) is 4.85. The summed E-state index contributed by atoms with van der Waals surface area (Å²) in [6.07, 6.45) is 3.85. The summed E-state index contributed by atoms with van der Waals surface area (Å²) in [5, 5.41) is 0. The van der Waals surface area contributed by atoms with Crippen molar-refractivity contribution in [1.29, 1.82) is 0 Å². The Bertz CT molecular complexity index is 783. The lowest BCUT2D eigenvalue weighted by Crippen LogP contribution is -2.32. The molecule has 96 valence electrons. The van der Waals surface area contributed by atoms with Gasteiger partial charge in [-0.2, -0.15) is 9.55 Å². The van der Waals surface area contributed by atoms with E-state index in [1.54, 1.807) is 0 Å². The van der Waals surface area contributed by atoms with Crippen molar-refractivity contribution in [3.63, 3.8) is 0 Å². The van der Waals surface area contributed by atoms with Gasteiger partial charge in [-0.3, -0.25) is 0 Å². The fourth-order valence-corrected chi connectivity index (χ4v) is 2.83. The van der Waals surface area contributed by atoms with Crippen LogP contribution in [0.25, 0.3) is 5.82 Å². The molecule has 0 amide bonds. The highest BCUT2D eigenvalue weighted by Crippen LogP contribution is 2.36. The van der Waals surface area contributed by atoms with Gasteiger partial charge < -0.3 is 5.73 Å². The van der Waals surface area contributed by atoms with Crippen LogP contribution in [0.2, 0.25) is 0 Å². The van der Waals surface area contributed by atoms with Crippen LogP contribution in [-0.2, 0) is 0 Å². The average molecular weight is 261 g/mol. The first-order valence-corrected chi connectivity index (χ1v) is 6.53. The minimum atomic E-state index is 0.160. The topological polar surface area (TPSA) is 55.7 Å². The molecular formula is C16H13N4+. The number of nitrogens with zero attached hydrogens (tertiary/aromatic N) is 3. The molecule has 2 aromatic heterocycles. The third kappa shape index (κ3) is 1.51. The van der Waals surface area contributed by atoms with Crippen molar-refractivity contribution in [2.45, 2.75) is 5.92 Å². The number of benzene rings is 1. The maximum atomic E-state index is 5.74. The van der Waals surface area contributed by atoms with E-state index in [2.05, 4.69) is 44.9 Å². The number of rotatable bonds is 1. The van der Waals surface area contributed by atoms with Crippen LogP contribution in [0, 0.1) is 0 Å². The predicted octanol–water partition coefficient (Wildman–Crippen LogP) is 1.83. The number of fused-ring (bicyclic) bond motifs is 3. The molecule has 4 rings (SSSR count). The average Bonchev–Trinajstić information content (AvgIpc) is 2.82. The molecule has 0 spiro atoms. The molecule has 3 aromatic rings. The standard InChI is InChI=1S/C16H13N4/c17-16-18-10-12-14(11-6-2-1-3-7-11)13-8-4-5-9-20(13)15(12)19-16/h1-10,14H,(H2,17,18,19)/q+1. The smallest absolute Gasteiger partial charge is 0.338 e. The van der Waals surface area contributed by atoms with Gasteiger partial charge in [-0.1, -0.05) is 36.4 Å². The third-order valence-corrected chi connectivity index (χ3v) is 3.67. The monoisotopic (exact) mass is 261 g/mol. The maximum Gasteiger partial charge on any atom is 0.338 e. The van der Waals surface area contributed by atoms with Gasteiger partial charge in [0.2, 0.25) is 0 Å². The zero-order chi connectivity index (χ0) is 13.5. The van der Waals surface area contributed by atoms with Gasteiger partial charge in [0.05, 0.1) is 17.7 Å². The largest absolute Gasteiger partial charge is 0.346 e. The number of hydrogen-bond acceptors (Lipinski definition) is 3. The van der Waals surface area contributed by atoms with Crippen LogP contribution in [0.1, 0.15) is 22.7 Å². The SMILES string of the molecule is Nc1ncc2c(n1)-[n+]1ccccc1C2c1ccccc1.